The first-order valence-corrected chi connectivity index (χ1v) is 13.5. The Morgan fingerprint density at radius 2 is 1.31 bits per heavy atom. The van der Waals surface area contributed by atoms with Crippen LogP contribution in [-0.4, -0.2) is 33.8 Å². The van der Waals surface area contributed by atoms with Crippen LogP contribution in [0.15, 0.2) is 91.0 Å². The van der Waals surface area contributed by atoms with Gasteiger partial charge in [0.1, 0.15) is 11.0 Å². The zero-order valence-electron chi connectivity index (χ0n) is 21.1. The largest absolute Gasteiger partial charge is 0.431 e. The third kappa shape index (κ3) is 4.15. The second-order valence-corrected chi connectivity index (χ2v) is 10.8. The molecule has 3 aromatic rings. The second-order valence-electron chi connectivity index (χ2n) is 9.87. The molecule has 0 spiro atoms. The Balaban J connectivity index is 1.95. The van der Waals surface area contributed by atoms with E-state index in [2.05, 4.69) is 13.8 Å². The van der Waals surface area contributed by atoms with Gasteiger partial charge < -0.3 is 9.84 Å². The molecule has 35 heavy (non-hydrogen) atoms. The number of carbonyl (C=O) groups is 1. The molecule has 1 amide bonds. The average Bonchev–Trinajstić information content (AvgIpc) is 3.19. The molecule has 1 saturated heterocycles. The minimum atomic E-state index is -1.28. The SMILES string of the molecule is CS[C@H](N1C(=O)OC(c2ccccc2)(c2ccccc2)[C@@H]1C(C)C)[C@@](O)(c1ccccc1)C(C)C. The number of rotatable bonds is 8. The number of benzene rings is 3. The van der Waals surface area contributed by atoms with Crippen molar-refractivity contribution >= 4 is 17.9 Å². The first-order chi connectivity index (χ1) is 16.8. The summed E-state index contributed by atoms with van der Waals surface area (Å²) in [4.78, 5) is 15.7. The van der Waals surface area contributed by atoms with Gasteiger partial charge in [-0.3, -0.25) is 4.90 Å². The van der Waals surface area contributed by atoms with Crippen LogP contribution in [0, 0.1) is 11.8 Å². The van der Waals surface area contributed by atoms with Gasteiger partial charge in [-0.2, -0.15) is 0 Å². The molecule has 0 aromatic heterocycles. The summed E-state index contributed by atoms with van der Waals surface area (Å²) in [6.45, 7) is 8.25. The summed E-state index contributed by atoms with van der Waals surface area (Å²) < 4.78 is 6.46. The van der Waals surface area contributed by atoms with Crippen LogP contribution in [0.2, 0.25) is 0 Å². The Hall–Kier alpha value is -2.76. The lowest BCUT2D eigenvalue weighted by atomic mass is 9.74. The van der Waals surface area contributed by atoms with E-state index in [9.17, 15) is 9.90 Å². The maximum Gasteiger partial charge on any atom is 0.412 e. The van der Waals surface area contributed by atoms with E-state index in [-0.39, 0.29) is 17.9 Å². The van der Waals surface area contributed by atoms with Crippen LogP contribution in [0.5, 0.6) is 0 Å². The van der Waals surface area contributed by atoms with Gasteiger partial charge in [-0.1, -0.05) is 119 Å². The molecule has 0 unspecified atom stereocenters. The van der Waals surface area contributed by atoms with E-state index in [0.29, 0.717) is 0 Å². The maximum atomic E-state index is 13.9. The van der Waals surface area contributed by atoms with Gasteiger partial charge in [-0.05, 0) is 23.7 Å². The van der Waals surface area contributed by atoms with Gasteiger partial charge in [0.2, 0.25) is 0 Å². The Labute approximate surface area is 213 Å². The fourth-order valence-corrected chi connectivity index (χ4v) is 6.77. The Morgan fingerprint density at radius 3 is 1.71 bits per heavy atom. The van der Waals surface area contributed by atoms with Gasteiger partial charge in [-0.25, -0.2) is 4.79 Å². The summed E-state index contributed by atoms with van der Waals surface area (Å²) in [5.41, 5.74) is 0.357. The topological polar surface area (TPSA) is 49.8 Å². The summed E-state index contributed by atoms with van der Waals surface area (Å²) in [6, 6.07) is 29.3. The van der Waals surface area contributed by atoms with Crippen LogP contribution in [-0.2, 0) is 15.9 Å². The summed E-state index contributed by atoms with van der Waals surface area (Å²) in [5.74, 6) is -0.102. The lowest BCUT2D eigenvalue weighted by molar-refractivity contribution is -0.0545. The molecule has 0 radical (unpaired) electrons. The van der Waals surface area contributed by atoms with Crippen molar-refractivity contribution in [2.45, 2.75) is 50.3 Å². The number of hydrogen-bond acceptors (Lipinski definition) is 4. The van der Waals surface area contributed by atoms with E-state index in [0.717, 1.165) is 16.7 Å². The van der Waals surface area contributed by atoms with Crippen molar-refractivity contribution < 1.29 is 14.6 Å². The van der Waals surface area contributed by atoms with Crippen molar-refractivity contribution in [2.75, 3.05) is 6.26 Å². The van der Waals surface area contributed by atoms with Crippen LogP contribution in [0.25, 0.3) is 0 Å². The molecule has 1 heterocycles. The Morgan fingerprint density at radius 1 is 0.857 bits per heavy atom. The first-order valence-electron chi connectivity index (χ1n) is 12.2. The maximum absolute atomic E-state index is 13.9. The number of carbonyl (C=O) groups excluding carboxylic acids is 1. The zero-order valence-corrected chi connectivity index (χ0v) is 21.9. The number of nitrogens with zero attached hydrogens (tertiary/aromatic N) is 1. The Kier molecular flexibility index (Phi) is 7.30. The van der Waals surface area contributed by atoms with Crippen molar-refractivity contribution in [3.63, 3.8) is 0 Å². The van der Waals surface area contributed by atoms with Gasteiger partial charge in [0.15, 0.2) is 5.60 Å². The molecule has 5 heteroatoms. The van der Waals surface area contributed by atoms with Crippen molar-refractivity contribution in [3.8, 4) is 0 Å². The predicted octanol–water partition coefficient (Wildman–Crippen LogP) is 6.64. The monoisotopic (exact) mass is 489 g/mol. The molecule has 0 bridgehead atoms. The molecule has 1 N–H and O–H groups in total. The highest BCUT2D eigenvalue weighted by atomic mass is 32.2. The lowest BCUT2D eigenvalue weighted by Crippen LogP contribution is -2.58. The third-order valence-corrected chi connectivity index (χ3v) is 8.21. The summed E-state index contributed by atoms with van der Waals surface area (Å²) >= 11 is 1.49. The van der Waals surface area contributed by atoms with E-state index >= 15 is 0 Å². The molecule has 1 aliphatic rings. The van der Waals surface area contributed by atoms with Crippen molar-refractivity contribution in [2.24, 2.45) is 11.8 Å². The van der Waals surface area contributed by atoms with Crippen LogP contribution in [0.3, 0.4) is 0 Å². The van der Waals surface area contributed by atoms with Crippen molar-refractivity contribution in [3.05, 3.63) is 108 Å². The van der Waals surface area contributed by atoms with Gasteiger partial charge in [0.05, 0.1) is 6.04 Å². The first kappa shape index (κ1) is 25.3. The molecular weight excluding hydrogens is 454 g/mol. The highest BCUT2D eigenvalue weighted by Crippen LogP contribution is 2.52. The van der Waals surface area contributed by atoms with Gasteiger partial charge in [-0.15, -0.1) is 11.8 Å². The molecule has 0 saturated carbocycles. The number of amides is 1. The molecule has 1 fully saturated rings. The minimum Gasteiger partial charge on any atom is -0.431 e. The average molecular weight is 490 g/mol. The molecule has 4 rings (SSSR count). The highest BCUT2D eigenvalue weighted by Gasteiger charge is 2.62. The quantitative estimate of drug-likeness (QED) is 0.385. The van der Waals surface area contributed by atoms with Crippen LogP contribution in [0.4, 0.5) is 4.79 Å². The van der Waals surface area contributed by atoms with E-state index in [1.54, 1.807) is 0 Å². The number of hydrogen-bond donors (Lipinski definition) is 1. The molecule has 184 valence electrons. The number of aliphatic hydroxyl groups is 1. The van der Waals surface area contributed by atoms with Crippen molar-refractivity contribution in [1.29, 1.82) is 0 Å². The summed E-state index contributed by atoms with van der Waals surface area (Å²) in [6.07, 6.45) is 1.54. The van der Waals surface area contributed by atoms with E-state index < -0.39 is 22.7 Å². The number of cyclic esters (lactones) is 1. The second kappa shape index (κ2) is 10.1. The number of thioether (sulfide) groups is 1. The molecule has 3 atom stereocenters. The highest BCUT2D eigenvalue weighted by molar-refractivity contribution is 7.99. The van der Waals surface area contributed by atoms with E-state index in [1.165, 1.54) is 11.8 Å². The fourth-order valence-electron chi connectivity index (χ4n) is 5.56. The smallest absolute Gasteiger partial charge is 0.412 e. The molecule has 3 aromatic carbocycles. The normalized spacial score (nSPS) is 20.1. The van der Waals surface area contributed by atoms with E-state index in [1.807, 2.05) is 116 Å². The zero-order chi connectivity index (χ0) is 25.2. The van der Waals surface area contributed by atoms with Gasteiger partial charge in [0.25, 0.3) is 0 Å². The van der Waals surface area contributed by atoms with Gasteiger partial charge >= 0.3 is 6.09 Å². The molecular formula is C30H35NO3S. The summed E-state index contributed by atoms with van der Waals surface area (Å²) in [7, 11) is 0. The van der Waals surface area contributed by atoms with Crippen LogP contribution >= 0.6 is 11.8 Å². The summed E-state index contributed by atoms with van der Waals surface area (Å²) in [5, 5.41) is 11.8. The standard InChI is InChI=1S/C30H35NO3S/c1-21(2)26-30(24-17-11-7-12-18-24,25-19-13-8-14-20-25)34-28(32)31(26)27(35-5)29(33,22(3)4)23-15-9-6-10-16-23/h6-22,26-27,33H,1-5H3/t26-,27-,29-/m0/s1. The minimum absolute atomic E-state index is 0.0451. The van der Waals surface area contributed by atoms with E-state index in [4.69, 9.17) is 4.74 Å². The van der Waals surface area contributed by atoms with Gasteiger partial charge in [0, 0.05) is 11.1 Å². The van der Waals surface area contributed by atoms with Crippen LogP contribution < -0.4 is 0 Å². The molecule has 4 nitrogen and oxygen atoms in total. The Bertz CT molecular complexity index is 1080. The third-order valence-electron chi connectivity index (χ3n) is 7.18. The molecule has 1 aliphatic heterocycles. The number of ether oxygens (including phenoxy) is 1. The van der Waals surface area contributed by atoms with Crippen molar-refractivity contribution in [1.82, 2.24) is 4.90 Å². The molecule has 0 aliphatic carbocycles. The lowest BCUT2D eigenvalue weighted by Gasteiger charge is -2.46. The van der Waals surface area contributed by atoms with Crippen LogP contribution in [0.1, 0.15) is 44.4 Å². The predicted molar refractivity (Wildman–Crippen MR) is 143 cm³/mol. The fraction of sp³-hybridized carbons (Fsp3) is 0.367.